The normalized spacial score (nSPS) is 48.9. The number of unbranched alkanes of at least 4 members (excludes halogenated alkanes) is 3. The van der Waals surface area contributed by atoms with Crippen LogP contribution in [-0.2, 0) is 38.0 Å². The number of aliphatic hydroxyl groups excluding tert-OH is 4. The standard InChI is InChI=1S/C39H73N7O14/c1-18-14-23(47)39(53)37(55-18)59-33-27(49)24(44-3)26(48)25(32(33)60-39)45(4)12-8-6-7-9-13-46(5)34-29(51)36(54-17-38(34,2)52)58-31-22(43)15-21(42)30(28(31)50)57-35-20(41)11-10-19(16-40)56-35/h18-22,24-37,44,48-53H,6-17,40-43H2,1-5H3/t18-,19+,20-,21+,22-,24-,25?,26+,27+,28+,29-,30?,31?,32-,33-,34-,35?,36?,37+,38+,39+/m1/s1. The van der Waals surface area contributed by atoms with E-state index in [1.54, 1.807) is 20.9 Å². The van der Waals surface area contributed by atoms with Gasteiger partial charge in [0.25, 0.3) is 5.79 Å². The largest absolute Gasteiger partial charge is 0.390 e. The van der Waals surface area contributed by atoms with Crippen LogP contribution in [0.3, 0.4) is 0 Å². The Labute approximate surface area is 352 Å². The number of fused-ring (bicyclic) bond motifs is 2. The van der Waals surface area contributed by atoms with Crippen molar-refractivity contribution in [2.75, 3.05) is 47.4 Å². The number of aliphatic hydroxyl groups is 6. The highest BCUT2D eigenvalue weighted by Gasteiger charge is 2.64. The predicted octanol–water partition coefficient (Wildman–Crippen LogP) is -4.90. The van der Waals surface area contributed by atoms with E-state index >= 15 is 0 Å². The van der Waals surface area contributed by atoms with Crippen molar-refractivity contribution in [3.05, 3.63) is 0 Å². The van der Waals surface area contributed by atoms with Gasteiger partial charge in [-0.2, -0.15) is 0 Å². The number of likely N-dealkylation sites (N-methyl/N-ethyl adjacent to an activating group) is 3. The van der Waals surface area contributed by atoms with E-state index in [4.69, 9.17) is 56.1 Å². The molecule has 0 aromatic heterocycles. The third kappa shape index (κ3) is 9.91. The lowest BCUT2D eigenvalue weighted by atomic mass is 9.79. The van der Waals surface area contributed by atoms with Crippen LogP contribution in [0.2, 0.25) is 0 Å². The van der Waals surface area contributed by atoms with Gasteiger partial charge in [0.15, 0.2) is 18.4 Å². The van der Waals surface area contributed by atoms with Crippen LogP contribution in [0.1, 0.15) is 65.2 Å². The molecule has 21 heteroatoms. The Bertz CT molecular complexity index is 1410. The zero-order valence-corrected chi connectivity index (χ0v) is 35.6. The number of nitrogens with one attached hydrogen (secondary N) is 1. The molecular weight excluding hydrogens is 790 g/mol. The molecule has 0 amide bonds. The first-order valence-electron chi connectivity index (χ1n) is 21.6. The number of rotatable bonds is 15. The second-order valence-corrected chi connectivity index (χ2v) is 18.3. The van der Waals surface area contributed by atoms with Crippen LogP contribution in [0.15, 0.2) is 0 Å². The first kappa shape index (κ1) is 48.3. The quantitative estimate of drug-likeness (QED) is 0.0688. The van der Waals surface area contributed by atoms with E-state index in [1.165, 1.54) is 0 Å². The number of Topliss-reactive ketones (excluding diaryl/α,β-unsaturated/α-hetero) is 1. The molecule has 6 aliphatic rings. The van der Waals surface area contributed by atoms with Crippen molar-refractivity contribution < 1.29 is 68.6 Å². The fourth-order valence-corrected chi connectivity index (χ4v) is 10.1. The Balaban J connectivity index is 0.997. The molecule has 4 heterocycles. The summed E-state index contributed by atoms with van der Waals surface area (Å²) in [5.74, 6) is -2.94. The molecular formula is C39H73N7O14. The Morgan fingerprint density at radius 3 is 2.08 bits per heavy atom. The minimum atomic E-state index is -2.36. The summed E-state index contributed by atoms with van der Waals surface area (Å²) in [5, 5.41) is 71.3. The van der Waals surface area contributed by atoms with Crippen LogP contribution in [0, 0.1) is 0 Å². The maximum Gasteiger partial charge on any atom is 0.280 e. The van der Waals surface area contributed by atoms with E-state index in [9.17, 15) is 35.4 Å². The van der Waals surface area contributed by atoms with E-state index in [0.29, 0.717) is 32.5 Å². The number of nitrogens with two attached hydrogens (primary N) is 4. The summed E-state index contributed by atoms with van der Waals surface area (Å²) in [6.07, 6.45) is -8.54. The van der Waals surface area contributed by atoms with Crippen molar-refractivity contribution in [1.29, 1.82) is 0 Å². The van der Waals surface area contributed by atoms with Gasteiger partial charge in [0.2, 0.25) is 6.29 Å². The molecule has 0 radical (unpaired) electrons. The zero-order valence-electron chi connectivity index (χ0n) is 35.6. The van der Waals surface area contributed by atoms with Gasteiger partial charge in [-0.15, -0.1) is 0 Å². The summed E-state index contributed by atoms with van der Waals surface area (Å²) in [7, 11) is 5.25. The second kappa shape index (κ2) is 19.9. The number of nitrogens with zero attached hydrogens (tertiary/aromatic N) is 2. The molecule has 0 aromatic carbocycles. The molecule has 2 saturated carbocycles. The highest BCUT2D eigenvalue weighted by atomic mass is 16.8. The Morgan fingerprint density at radius 1 is 0.817 bits per heavy atom. The lowest BCUT2D eigenvalue weighted by Gasteiger charge is -2.56. The average Bonchev–Trinajstić information content (AvgIpc) is 3.18. The SMILES string of the molecule is CN[C@H]1[C@H](O)[C@H]2O[C@@H]3O[C@H](C)CC(=O)[C@]3(O)O[C@@H]2C(N(C)CCCCCCN(C)[C@@H]2[C@@H](O)C(OC3[C@@H](O)C(OC4O[C@H](CN)CC[C@H]4N)[C@@H](N)C[C@H]3N)OC[C@]2(C)O)[C@H]1O. The monoisotopic (exact) mass is 864 g/mol. The van der Waals surface area contributed by atoms with Crippen LogP contribution >= 0.6 is 0 Å². The molecule has 6 rings (SSSR count). The van der Waals surface area contributed by atoms with Crippen molar-refractivity contribution in [1.82, 2.24) is 15.1 Å². The van der Waals surface area contributed by atoms with Crippen LogP contribution in [0.4, 0.5) is 0 Å². The second-order valence-electron chi connectivity index (χ2n) is 18.3. The maximum absolute atomic E-state index is 12.9. The highest BCUT2D eigenvalue weighted by molar-refractivity contribution is 5.87. The molecule has 0 bridgehead atoms. The van der Waals surface area contributed by atoms with Crippen molar-refractivity contribution in [2.24, 2.45) is 22.9 Å². The molecule has 348 valence electrons. The van der Waals surface area contributed by atoms with Gasteiger partial charge in [0.05, 0.1) is 49.1 Å². The van der Waals surface area contributed by atoms with Gasteiger partial charge in [0, 0.05) is 25.0 Å². The number of hydrogen-bond donors (Lipinski definition) is 11. The fourth-order valence-electron chi connectivity index (χ4n) is 10.1. The molecule has 15 N–H and O–H groups in total. The molecule has 21 nitrogen and oxygen atoms in total. The fraction of sp³-hybridized carbons (Fsp3) is 0.974. The smallest absolute Gasteiger partial charge is 0.280 e. The van der Waals surface area contributed by atoms with Gasteiger partial charge in [0.1, 0.15) is 48.3 Å². The first-order valence-corrected chi connectivity index (χ1v) is 21.6. The van der Waals surface area contributed by atoms with Gasteiger partial charge in [-0.1, -0.05) is 12.8 Å². The van der Waals surface area contributed by atoms with Crippen molar-refractivity contribution in [3.8, 4) is 0 Å². The Hall–Kier alpha value is -1.13. The number of hydrogen-bond acceptors (Lipinski definition) is 21. The highest BCUT2D eigenvalue weighted by Crippen LogP contribution is 2.42. The van der Waals surface area contributed by atoms with Crippen LogP contribution < -0.4 is 28.3 Å². The number of carbonyl (C=O) groups excluding carboxylic acids is 1. The zero-order chi connectivity index (χ0) is 43.8. The Morgan fingerprint density at radius 2 is 1.45 bits per heavy atom. The minimum Gasteiger partial charge on any atom is -0.390 e. The molecule has 4 aliphatic heterocycles. The van der Waals surface area contributed by atoms with E-state index in [0.717, 1.165) is 25.7 Å². The minimum absolute atomic E-state index is 0.0674. The third-order valence-electron chi connectivity index (χ3n) is 13.5. The lowest BCUT2D eigenvalue weighted by molar-refractivity contribution is -0.423. The van der Waals surface area contributed by atoms with Gasteiger partial charge in [-0.3, -0.25) is 14.6 Å². The maximum atomic E-state index is 12.9. The van der Waals surface area contributed by atoms with Gasteiger partial charge in [-0.25, -0.2) is 0 Å². The summed E-state index contributed by atoms with van der Waals surface area (Å²) in [5.41, 5.74) is 23.5. The molecule has 60 heavy (non-hydrogen) atoms. The van der Waals surface area contributed by atoms with Crippen LogP contribution in [0.25, 0.3) is 0 Å². The molecule has 21 atom stereocenters. The molecule has 6 fully saturated rings. The number of ether oxygens (including phenoxy) is 7. The molecule has 4 saturated heterocycles. The topological polar surface area (TPSA) is 326 Å². The summed E-state index contributed by atoms with van der Waals surface area (Å²) in [4.78, 5) is 16.7. The molecule has 0 spiro atoms. The van der Waals surface area contributed by atoms with Gasteiger partial charge < -0.3 is 92.0 Å². The van der Waals surface area contributed by atoms with E-state index in [-0.39, 0.29) is 25.6 Å². The summed E-state index contributed by atoms with van der Waals surface area (Å²) in [6, 6.07) is -4.09. The predicted molar refractivity (Wildman–Crippen MR) is 212 cm³/mol. The van der Waals surface area contributed by atoms with Crippen molar-refractivity contribution >= 4 is 5.78 Å². The first-order chi connectivity index (χ1) is 28.3. The van der Waals surface area contributed by atoms with E-state index in [2.05, 4.69) is 5.32 Å². The van der Waals surface area contributed by atoms with E-state index in [1.807, 2.05) is 23.9 Å². The number of carbonyl (C=O) groups is 1. The summed E-state index contributed by atoms with van der Waals surface area (Å²) in [6.45, 7) is 4.48. The summed E-state index contributed by atoms with van der Waals surface area (Å²) < 4.78 is 41.9. The Kier molecular flexibility index (Phi) is 16.1. The van der Waals surface area contributed by atoms with Crippen LogP contribution in [0.5, 0.6) is 0 Å². The van der Waals surface area contributed by atoms with Crippen molar-refractivity contribution in [3.63, 3.8) is 0 Å². The lowest BCUT2D eigenvalue weighted by Crippen LogP contribution is -2.78. The average molecular weight is 864 g/mol. The number of ketones is 1. The third-order valence-corrected chi connectivity index (χ3v) is 13.5. The molecule has 5 unspecified atom stereocenters. The molecule has 2 aliphatic carbocycles. The summed E-state index contributed by atoms with van der Waals surface area (Å²) >= 11 is 0. The molecule has 0 aromatic rings. The van der Waals surface area contributed by atoms with E-state index < -0.39 is 127 Å². The van der Waals surface area contributed by atoms with Crippen molar-refractivity contribution in [2.45, 2.75) is 193 Å². The van der Waals surface area contributed by atoms with Crippen LogP contribution in [-0.4, -0.2) is 221 Å². The van der Waals surface area contributed by atoms with Gasteiger partial charge in [-0.05, 0) is 80.2 Å². The van der Waals surface area contributed by atoms with Gasteiger partial charge >= 0.3 is 0 Å².